The van der Waals surface area contributed by atoms with Crippen LogP contribution in [0.3, 0.4) is 0 Å². The molecular formula is C13H12N4O4. The molecule has 3 rings (SSSR count). The number of nitro groups is 1. The highest BCUT2D eigenvalue weighted by molar-refractivity contribution is 5.91. The number of nitro benzene ring substituents is 1. The van der Waals surface area contributed by atoms with Gasteiger partial charge in [-0.2, -0.15) is 0 Å². The normalized spacial score (nSPS) is 15.0. The van der Waals surface area contributed by atoms with Crippen molar-refractivity contribution in [1.82, 2.24) is 9.97 Å². The molecule has 108 valence electrons. The van der Waals surface area contributed by atoms with E-state index in [1.807, 2.05) is 4.90 Å². The molecule has 0 radical (unpaired) electrons. The van der Waals surface area contributed by atoms with Gasteiger partial charge in [0.1, 0.15) is 12.1 Å². The molecular weight excluding hydrogens is 276 g/mol. The van der Waals surface area contributed by atoms with Crippen molar-refractivity contribution in [2.75, 3.05) is 18.0 Å². The summed E-state index contributed by atoms with van der Waals surface area (Å²) in [6, 6.07) is 4.45. The Morgan fingerprint density at radius 3 is 2.86 bits per heavy atom. The number of carbonyl (C=O) groups is 1. The van der Waals surface area contributed by atoms with Gasteiger partial charge in [0.05, 0.1) is 16.9 Å². The van der Waals surface area contributed by atoms with Gasteiger partial charge in [-0.3, -0.25) is 14.9 Å². The molecule has 0 saturated carbocycles. The summed E-state index contributed by atoms with van der Waals surface area (Å²) in [5.41, 5.74) is 0.619. The van der Waals surface area contributed by atoms with Crippen molar-refractivity contribution in [2.24, 2.45) is 5.92 Å². The summed E-state index contributed by atoms with van der Waals surface area (Å²) in [5.74, 6) is -0.112. The Hall–Kier alpha value is -2.77. The Morgan fingerprint density at radius 2 is 2.19 bits per heavy atom. The molecule has 1 fully saturated rings. The van der Waals surface area contributed by atoms with Gasteiger partial charge >= 0.3 is 5.97 Å². The van der Waals surface area contributed by atoms with Gasteiger partial charge in [0, 0.05) is 36.5 Å². The number of hydrogen-bond acceptors (Lipinski definition) is 6. The minimum atomic E-state index is -0.817. The summed E-state index contributed by atoms with van der Waals surface area (Å²) in [5, 5.41) is 20.2. The Kier molecular flexibility index (Phi) is 3.13. The number of hydrogen-bond donors (Lipinski definition) is 1. The molecule has 2 aromatic rings. The van der Waals surface area contributed by atoms with Crippen LogP contribution in [0.25, 0.3) is 10.9 Å². The van der Waals surface area contributed by atoms with E-state index in [9.17, 15) is 14.9 Å². The first kappa shape index (κ1) is 13.2. The zero-order valence-electron chi connectivity index (χ0n) is 11.0. The third kappa shape index (κ3) is 2.47. The molecule has 1 saturated heterocycles. The third-order valence-electron chi connectivity index (χ3n) is 3.53. The molecule has 1 aliphatic rings. The van der Waals surface area contributed by atoms with Crippen LogP contribution in [-0.4, -0.2) is 39.1 Å². The first-order chi connectivity index (χ1) is 10.0. The molecule has 0 atom stereocenters. The smallest absolute Gasteiger partial charge is 0.303 e. The second kappa shape index (κ2) is 4.97. The second-order valence-electron chi connectivity index (χ2n) is 5.02. The molecule has 8 nitrogen and oxygen atoms in total. The molecule has 0 spiro atoms. The summed E-state index contributed by atoms with van der Waals surface area (Å²) in [7, 11) is 0. The molecule has 0 amide bonds. The van der Waals surface area contributed by atoms with Crippen LogP contribution in [0.15, 0.2) is 24.5 Å². The van der Waals surface area contributed by atoms with E-state index < -0.39 is 10.9 Å². The lowest BCUT2D eigenvalue weighted by atomic mass is 9.96. The highest BCUT2D eigenvalue weighted by Gasteiger charge is 2.30. The number of aliphatic carboxylic acids is 1. The molecule has 0 bridgehead atoms. The van der Waals surface area contributed by atoms with E-state index in [0.717, 1.165) is 0 Å². The monoisotopic (exact) mass is 288 g/mol. The minimum absolute atomic E-state index is 0.0128. The highest BCUT2D eigenvalue weighted by atomic mass is 16.6. The van der Waals surface area contributed by atoms with E-state index in [1.165, 1.54) is 18.5 Å². The maximum absolute atomic E-state index is 10.9. The lowest BCUT2D eigenvalue weighted by Crippen LogP contribution is -2.48. The Morgan fingerprint density at radius 1 is 1.43 bits per heavy atom. The van der Waals surface area contributed by atoms with Crippen molar-refractivity contribution in [2.45, 2.75) is 6.42 Å². The molecule has 0 aliphatic carbocycles. The van der Waals surface area contributed by atoms with Crippen LogP contribution in [0.4, 0.5) is 11.5 Å². The lowest BCUT2D eigenvalue weighted by Gasteiger charge is -2.39. The van der Waals surface area contributed by atoms with Crippen molar-refractivity contribution in [3.05, 3.63) is 34.6 Å². The minimum Gasteiger partial charge on any atom is -0.481 e. The maximum atomic E-state index is 10.9. The average Bonchev–Trinajstić information content (AvgIpc) is 2.41. The van der Waals surface area contributed by atoms with E-state index in [2.05, 4.69) is 9.97 Å². The van der Waals surface area contributed by atoms with Gasteiger partial charge in [0.2, 0.25) is 0 Å². The first-order valence-corrected chi connectivity index (χ1v) is 6.40. The molecule has 1 aromatic carbocycles. The average molecular weight is 288 g/mol. The van der Waals surface area contributed by atoms with Gasteiger partial charge in [0.25, 0.3) is 5.69 Å². The summed E-state index contributed by atoms with van der Waals surface area (Å²) in [6.45, 7) is 1.17. The predicted molar refractivity (Wildman–Crippen MR) is 74.1 cm³/mol. The third-order valence-corrected chi connectivity index (χ3v) is 3.53. The Balaban J connectivity index is 1.90. The topological polar surface area (TPSA) is 109 Å². The van der Waals surface area contributed by atoms with Gasteiger partial charge in [-0.1, -0.05) is 0 Å². The zero-order valence-corrected chi connectivity index (χ0v) is 11.0. The van der Waals surface area contributed by atoms with Crippen molar-refractivity contribution in [1.29, 1.82) is 0 Å². The van der Waals surface area contributed by atoms with Crippen LogP contribution in [0.2, 0.25) is 0 Å². The summed E-state index contributed by atoms with van der Waals surface area (Å²) in [6.07, 6.45) is 1.54. The van der Waals surface area contributed by atoms with E-state index in [1.54, 1.807) is 6.07 Å². The van der Waals surface area contributed by atoms with Crippen molar-refractivity contribution in [3.8, 4) is 0 Å². The number of aromatic nitrogens is 2. The molecule has 1 N–H and O–H groups in total. The quantitative estimate of drug-likeness (QED) is 0.669. The van der Waals surface area contributed by atoms with Gasteiger partial charge in [-0.15, -0.1) is 0 Å². The molecule has 0 unspecified atom stereocenters. The molecule has 8 heteroatoms. The molecule has 1 aliphatic heterocycles. The standard InChI is InChI=1S/C13H12N4O4/c18-12(19)3-8-5-16(6-8)13-10-4-9(17(20)21)1-2-11(10)14-7-15-13/h1-2,4,7-8H,3,5-6H2,(H,18,19). The number of anilines is 1. The van der Waals surface area contributed by atoms with Gasteiger partial charge in [0.15, 0.2) is 0 Å². The summed E-state index contributed by atoms with van der Waals surface area (Å²) >= 11 is 0. The fourth-order valence-corrected chi connectivity index (χ4v) is 2.52. The van der Waals surface area contributed by atoms with E-state index >= 15 is 0 Å². The van der Waals surface area contributed by atoms with Crippen LogP contribution in [0, 0.1) is 16.0 Å². The number of benzene rings is 1. The highest BCUT2D eigenvalue weighted by Crippen LogP contribution is 2.31. The lowest BCUT2D eigenvalue weighted by molar-refractivity contribution is -0.384. The van der Waals surface area contributed by atoms with E-state index in [0.29, 0.717) is 29.8 Å². The second-order valence-corrected chi connectivity index (χ2v) is 5.02. The SMILES string of the molecule is O=C(O)CC1CN(c2ncnc3ccc([N+](=O)[O-])cc23)C1. The first-order valence-electron chi connectivity index (χ1n) is 6.40. The van der Waals surface area contributed by atoms with Crippen LogP contribution < -0.4 is 4.90 Å². The van der Waals surface area contributed by atoms with Gasteiger partial charge in [-0.05, 0) is 6.07 Å². The van der Waals surface area contributed by atoms with E-state index in [4.69, 9.17) is 5.11 Å². The van der Waals surface area contributed by atoms with E-state index in [-0.39, 0.29) is 18.0 Å². The maximum Gasteiger partial charge on any atom is 0.303 e. The van der Waals surface area contributed by atoms with Crippen LogP contribution >= 0.6 is 0 Å². The Bertz CT molecular complexity index is 727. The molecule has 21 heavy (non-hydrogen) atoms. The molecule has 2 heterocycles. The van der Waals surface area contributed by atoms with Crippen LogP contribution in [0.5, 0.6) is 0 Å². The number of non-ortho nitro benzene ring substituents is 1. The summed E-state index contributed by atoms with van der Waals surface area (Å²) < 4.78 is 0. The summed E-state index contributed by atoms with van der Waals surface area (Å²) in [4.78, 5) is 31.3. The number of rotatable bonds is 4. The Labute approximate surface area is 119 Å². The number of fused-ring (bicyclic) bond motifs is 1. The fraction of sp³-hybridized carbons (Fsp3) is 0.308. The van der Waals surface area contributed by atoms with Crippen LogP contribution in [-0.2, 0) is 4.79 Å². The zero-order chi connectivity index (χ0) is 15.0. The predicted octanol–water partition coefficient (Wildman–Crippen LogP) is 1.45. The fourth-order valence-electron chi connectivity index (χ4n) is 2.52. The van der Waals surface area contributed by atoms with Crippen LogP contribution in [0.1, 0.15) is 6.42 Å². The van der Waals surface area contributed by atoms with Gasteiger partial charge < -0.3 is 10.0 Å². The van der Waals surface area contributed by atoms with Crippen molar-refractivity contribution < 1.29 is 14.8 Å². The van der Waals surface area contributed by atoms with Crippen molar-refractivity contribution >= 4 is 28.4 Å². The molecule has 1 aromatic heterocycles. The number of carboxylic acids is 1. The van der Waals surface area contributed by atoms with Gasteiger partial charge in [-0.25, -0.2) is 9.97 Å². The largest absolute Gasteiger partial charge is 0.481 e. The number of nitrogens with zero attached hydrogens (tertiary/aromatic N) is 4. The number of carboxylic acid groups (broad SMARTS) is 1. The van der Waals surface area contributed by atoms with Crippen molar-refractivity contribution in [3.63, 3.8) is 0 Å².